The first-order chi connectivity index (χ1) is 33.8. The van der Waals surface area contributed by atoms with Gasteiger partial charge in [-0.05, 0) is 85.9 Å². The van der Waals surface area contributed by atoms with Gasteiger partial charge in [-0.2, -0.15) is 0 Å². The van der Waals surface area contributed by atoms with E-state index in [-0.39, 0.29) is 37.9 Å². The Morgan fingerprint density at radius 2 is 1.59 bits per heavy atom. The lowest BCUT2D eigenvalue weighted by Gasteiger charge is -2.36. The van der Waals surface area contributed by atoms with Crippen molar-refractivity contribution >= 4 is 58.0 Å². The van der Waals surface area contributed by atoms with E-state index in [9.17, 15) is 34.2 Å². The number of likely N-dealkylation sites (tertiary alicyclic amines) is 1. The van der Waals surface area contributed by atoms with Crippen LogP contribution in [0, 0.1) is 33.1 Å². The molecule has 1 fully saturated rings. The number of hydrogen-bond donors (Lipinski definition) is 4. The Labute approximate surface area is 419 Å². The summed E-state index contributed by atoms with van der Waals surface area (Å²) in [6.07, 6.45) is -0.599. The molecule has 6 heterocycles. The number of aromatic nitrogens is 4. The predicted octanol–water partition coefficient (Wildman–Crippen LogP) is 7.09. The van der Waals surface area contributed by atoms with Crippen LogP contribution in [0.3, 0.4) is 0 Å². The number of amides is 4. The van der Waals surface area contributed by atoms with Gasteiger partial charge in [0.25, 0.3) is 5.91 Å². The number of carboxylic acids is 1. The number of nitrogens with one attached hydrogen (secondary N) is 2. The minimum absolute atomic E-state index is 0.0530. The lowest BCUT2D eigenvalue weighted by molar-refractivity contribution is -0.144. The molecular weight excluding hydrogens is 939 g/mol. The molecule has 0 radical (unpaired) electrons. The molecule has 5 atom stereocenters. The average molecular weight is 996 g/mol. The van der Waals surface area contributed by atoms with E-state index in [1.54, 1.807) is 22.7 Å². The van der Waals surface area contributed by atoms with Gasteiger partial charge in [-0.1, -0.05) is 81.4 Å². The number of thiazole rings is 1. The van der Waals surface area contributed by atoms with Crippen LogP contribution in [0.4, 0.5) is 0 Å². The average Bonchev–Trinajstić information content (AvgIpc) is 4.10. The van der Waals surface area contributed by atoms with Crippen molar-refractivity contribution in [3.8, 4) is 26.6 Å². The number of β-amino-alcohol motifs (C(OH)–C–C–N with tert-alkyl or cyclic N) is 1. The zero-order valence-electron chi connectivity index (χ0n) is 40.9. The first kappa shape index (κ1) is 49.1. The predicted molar refractivity (Wildman–Crippen MR) is 272 cm³/mol. The van der Waals surface area contributed by atoms with Crippen molar-refractivity contribution in [1.29, 1.82) is 0 Å². The molecule has 6 aromatic rings. The largest absolute Gasteiger partial charge is 0.481 e. The lowest BCUT2D eigenvalue weighted by atomic mass is 9.85. The van der Waals surface area contributed by atoms with Crippen LogP contribution in [0.2, 0.25) is 0 Å². The van der Waals surface area contributed by atoms with Crippen molar-refractivity contribution in [1.82, 2.24) is 40.2 Å². The fourth-order valence-electron chi connectivity index (χ4n) is 9.76. The Kier molecular flexibility index (Phi) is 13.4. The number of aliphatic carboxylic acids is 1. The van der Waals surface area contributed by atoms with Gasteiger partial charge < -0.3 is 30.6 Å². The number of carbonyl (C=O) groups is 5. The summed E-state index contributed by atoms with van der Waals surface area (Å²) < 4.78 is 1.92. The second-order valence-corrected chi connectivity index (χ2v) is 21.9. The molecule has 3 aromatic carbocycles. The molecule has 0 spiro atoms. The smallest absolute Gasteiger partial charge is 0.306 e. The van der Waals surface area contributed by atoms with E-state index in [0.29, 0.717) is 35.9 Å². The van der Waals surface area contributed by atoms with Gasteiger partial charge >= 0.3 is 5.97 Å². The summed E-state index contributed by atoms with van der Waals surface area (Å²) in [5.74, 6) is -1.58. The van der Waals surface area contributed by atoms with Crippen LogP contribution in [0.15, 0.2) is 77.2 Å². The standard InChI is InChI=1S/C53H57N9O7S2/c1-27-30(4)71-52-44(27)45(56-40(23-43(65)66)48-59-58-31(5)62(48)52)35-14-11-33(12-15-35)37-18-13-34-19-20-60(50(68)39(34)21-37)25-42(64)57-47(53(6,7)8)51(69)61-24-38(63)22-41(61)49(67)55-28(2)32-9-16-36(17-10-32)46-29(3)54-26-70-46/h9-18,21,26,28,38,40-41,47,63H,19-20,22-25H2,1-8H3,(H,55,67)(H,57,64)(H,65,66)/t28-,38+,40-,41-,47+/m0/s1. The van der Waals surface area contributed by atoms with Crippen molar-refractivity contribution in [2.45, 2.75) is 105 Å². The highest BCUT2D eigenvalue weighted by Gasteiger charge is 2.45. The van der Waals surface area contributed by atoms with Crippen LogP contribution >= 0.6 is 22.7 Å². The van der Waals surface area contributed by atoms with E-state index in [1.807, 2.05) is 132 Å². The molecule has 3 aliphatic heterocycles. The second kappa shape index (κ2) is 19.4. The number of fused-ring (bicyclic) bond motifs is 4. The van der Waals surface area contributed by atoms with E-state index >= 15 is 0 Å². The van der Waals surface area contributed by atoms with Gasteiger partial charge in [-0.15, -0.1) is 32.9 Å². The molecular formula is C53H57N9O7S2. The molecule has 0 saturated carbocycles. The maximum absolute atomic E-state index is 14.4. The van der Waals surface area contributed by atoms with Crippen molar-refractivity contribution in [3.05, 3.63) is 128 Å². The molecule has 18 heteroatoms. The molecule has 16 nitrogen and oxygen atoms in total. The molecule has 368 valence electrons. The highest BCUT2D eigenvalue weighted by Crippen LogP contribution is 2.40. The Bertz CT molecular complexity index is 3110. The summed E-state index contributed by atoms with van der Waals surface area (Å²) in [5.41, 5.74) is 10.3. The van der Waals surface area contributed by atoms with Crippen molar-refractivity contribution in [2.24, 2.45) is 10.4 Å². The van der Waals surface area contributed by atoms with E-state index in [0.717, 1.165) is 65.0 Å². The van der Waals surface area contributed by atoms with Crippen LogP contribution < -0.4 is 10.6 Å². The van der Waals surface area contributed by atoms with Crippen molar-refractivity contribution in [3.63, 3.8) is 0 Å². The summed E-state index contributed by atoms with van der Waals surface area (Å²) in [6.45, 7) is 15.2. The fraction of sp³-hybridized carbons (Fsp3) is 0.377. The third kappa shape index (κ3) is 9.67. The fourth-order valence-corrected chi connectivity index (χ4v) is 11.8. The van der Waals surface area contributed by atoms with Gasteiger partial charge in [0.15, 0.2) is 5.82 Å². The summed E-state index contributed by atoms with van der Waals surface area (Å²) >= 11 is 3.16. The third-order valence-electron chi connectivity index (χ3n) is 13.8. The SMILES string of the molecule is Cc1ncsc1-c1ccc([C@H](C)NC(=O)[C@@H]2C[C@@H](O)CN2C(=O)[C@@H](NC(=O)CN2CCc3ccc(-c4ccc(C5=N[C@@H](CC(=O)O)c6nnc(C)n6-c6sc(C)c(C)c65)cc4)cc3C2=O)C(C)(C)C)cc1. The normalized spacial score (nSPS) is 18.5. The summed E-state index contributed by atoms with van der Waals surface area (Å²) in [7, 11) is 0. The minimum atomic E-state index is -1.06. The monoisotopic (exact) mass is 995 g/mol. The molecule has 0 aliphatic carbocycles. The Morgan fingerprint density at radius 3 is 2.27 bits per heavy atom. The summed E-state index contributed by atoms with van der Waals surface area (Å²) in [4.78, 5) is 82.8. The Morgan fingerprint density at radius 1 is 0.901 bits per heavy atom. The lowest BCUT2D eigenvalue weighted by Crippen LogP contribution is -2.59. The molecule has 4 N–H and O–H groups in total. The number of rotatable bonds is 12. The zero-order chi connectivity index (χ0) is 50.6. The van der Waals surface area contributed by atoms with E-state index in [4.69, 9.17) is 4.99 Å². The van der Waals surface area contributed by atoms with Crippen LogP contribution in [-0.4, -0.2) is 113 Å². The number of carbonyl (C=O) groups excluding carboxylic acids is 4. The number of benzene rings is 3. The van der Waals surface area contributed by atoms with Gasteiger partial charge in [0.05, 0.1) is 46.9 Å². The summed E-state index contributed by atoms with van der Waals surface area (Å²) in [6, 6.07) is 18.3. The number of aliphatic hydroxyl groups excluding tert-OH is 1. The number of aliphatic imine (C=N–C) groups is 1. The number of nitrogens with zero attached hydrogens (tertiary/aromatic N) is 7. The van der Waals surface area contributed by atoms with Crippen molar-refractivity contribution < 1.29 is 34.2 Å². The topological polar surface area (TPSA) is 212 Å². The van der Waals surface area contributed by atoms with Crippen LogP contribution in [-0.2, 0) is 25.6 Å². The Hall–Kier alpha value is -6.89. The highest BCUT2D eigenvalue weighted by molar-refractivity contribution is 7.15. The van der Waals surface area contributed by atoms with E-state index < -0.39 is 53.3 Å². The molecule has 71 heavy (non-hydrogen) atoms. The zero-order valence-corrected chi connectivity index (χ0v) is 42.6. The van der Waals surface area contributed by atoms with Crippen LogP contribution in [0.1, 0.15) is 113 Å². The minimum Gasteiger partial charge on any atom is -0.481 e. The number of aryl methyl sites for hydroxylation is 3. The van der Waals surface area contributed by atoms with Gasteiger partial charge in [0.1, 0.15) is 29.0 Å². The van der Waals surface area contributed by atoms with Gasteiger partial charge in [-0.25, -0.2) is 4.98 Å². The van der Waals surface area contributed by atoms with E-state index in [1.165, 1.54) is 9.80 Å². The number of aliphatic hydroxyl groups is 1. The third-order valence-corrected chi connectivity index (χ3v) is 15.9. The van der Waals surface area contributed by atoms with E-state index in [2.05, 4.69) is 25.8 Å². The Balaban J connectivity index is 0.878. The first-order valence-electron chi connectivity index (χ1n) is 23.7. The van der Waals surface area contributed by atoms with Crippen LogP contribution in [0.5, 0.6) is 0 Å². The molecule has 3 aromatic heterocycles. The van der Waals surface area contributed by atoms with Crippen molar-refractivity contribution in [2.75, 3.05) is 19.6 Å². The second-order valence-electron chi connectivity index (χ2n) is 19.8. The molecule has 9 rings (SSSR count). The maximum atomic E-state index is 14.4. The molecule has 0 bridgehead atoms. The highest BCUT2D eigenvalue weighted by atomic mass is 32.1. The number of thiophene rings is 1. The first-order valence-corrected chi connectivity index (χ1v) is 25.4. The molecule has 3 aliphatic rings. The maximum Gasteiger partial charge on any atom is 0.306 e. The molecule has 4 amide bonds. The quantitative estimate of drug-likeness (QED) is 0.0978. The summed E-state index contributed by atoms with van der Waals surface area (Å²) in [5, 5.41) is 36.1. The van der Waals surface area contributed by atoms with Gasteiger partial charge in [-0.3, -0.25) is 33.5 Å². The number of carboxylic acid groups (broad SMARTS) is 1. The molecule has 0 unspecified atom stereocenters. The van der Waals surface area contributed by atoms with Gasteiger partial charge in [0.2, 0.25) is 17.7 Å². The van der Waals surface area contributed by atoms with Gasteiger partial charge in [0, 0.05) is 41.1 Å². The number of hydrogen-bond acceptors (Lipinski definition) is 12. The van der Waals surface area contributed by atoms with Crippen LogP contribution in [0.25, 0.3) is 26.6 Å². The molecule has 1 saturated heterocycles.